The van der Waals surface area contributed by atoms with Crippen molar-refractivity contribution in [2.45, 2.75) is 5.60 Å². The smallest absolute Gasteiger partial charge is 0.330 e. The Balaban J connectivity index is 4.88. The van der Waals surface area contributed by atoms with Gasteiger partial charge in [-0.2, -0.15) is 8.42 Å². The minimum atomic E-state index is -4.34. The van der Waals surface area contributed by atoms with Crippen LogP contribution < -0.4 is 0 Å². The van der Waals surface area contributed by atoms with Crippen LogP contribution in [0.4, 0.5) is 0 Å². The number of rotatable bonds is 6. The number of esters is 1. The zero-order valence-electron chi connectivity index (χ0n) is 7.65. The lowest BCUT2D eigenvalue weighted by atomic mass is 10.2. The molecule has 0 saturated heterocycles. The van der Waals surface area contributed by atoms with Crippen molar-refractivity contribution in [1.82, 2.24) is 0 Å². The molecule has 5 nitrogen and oxygen atoms in total. The molecule has 0 aliphatic heterocycles. The van der Waals surface area contributed by atoms with Gasteiger partial charge >= 0.3 is 5.97 Å². The fourth-order valence-corrected chi connectivity index (χ4v) is 2.52. The molecule has 0 atom stereocenters. The van der Waals surface area contributed by atoms with Crippen LogP contribution in [0.15, 0.2) is 12.7 Å². The first kappa shape index (κ1) is 14.7. The molecule has 8 heteroatoms. The first-order valence-corrected chi connectivity index (χ1v) is 6.39. The third-order valence-electron chi connectivity index (χ3n) is 1.42. The van der Waals surface area contributed by atoms with Gasteiger partial charge in [0.1, 0.15) is 5.75 Å². The van der Waals surface area contributed by atoms with E-state index in [0.29, 0.717) is 0 Å². The Morgan fingerprint density at radius 3 is 2.20 bits per heavy atom. The number of alkyl halides is 2. The Hall–Kier alpha value is -0.300. The highest BCUT2D eigenvalue weighted by atomic mass is 35.5. The molecule has 15 heavy (non-hydrogen) atoms. The molecule has 0 bridgehead atoms. The molecule has 0 aliphatic carbocycles. The molecule has 0 aromatic carbocycles. The third-order valence-corrected chi connectivity index (χ3v) is 3.28. The highest BCUT2D eigenvalue weighted by molar-refractivity contribution is 7.85. The Kier molecular flexibility index (Phi) is 5.58. The van der Waals surface area contributed by atoms with E-state index in [1.807, 2.05) is 0 Å². The summed E-state index contributed by atoms with van der Waals surface area (Å²) in [6, 6.07) is 0. The van der Waals surface area contributed by atoms with Crippen LogP contribution in [0.5, 0.6) is 0 Å². The van der Waals surface area contributed by atoms with Gasteiger partial charge in [-0.1, -0.05) is 6.58 Å². The van der Waals surface area contributed by atoms with Crippen molar-refractivity contribution in [3.05, 3.63) is 12.7 Å². The molecule has 0 aliphatic rings. The second-order valence-corrected chi connectivity index (χ2v) is 4.79. The fourth-order valence-electron chi connectivity index (χ4n) is 0.784. The standard InChI is InChI=1S/C7H10Cl2O5S/c1-2-6(10)14-7(3-8,4-9)5-15(11,12)13/h2H,1,3-5H2,(H,11,12,13). The maximum atomic E-state index is 10.9. The highest BCUT2D eigenvalue weighted by Crippen LogP contribution is 2.18. The molecule has 88 valence electrons. The fraction of sp³-hybridized carbons (Fsp3) is 0.571. The number of ether oxygens (including phenoxy) is 1. The third kappa shape index (κ3) is 5.36. The van der Waals surface area contributed by atoms with Gasteiger partial charge in [0, 0.05) is 6.08 Å². The summed E-state index contributed by atoms with van der Waals surface area (Å²) in [5, 5.41) is 0. The second-order valence-electron chi connectivity index (χ2n) is 2.80. The predicted molar refractivity (Wildman–Crippen MR) is 56.9 cm³/mol. The van der Waals surface area contributed by atoms with Gasteiger partial charge in [0.15, 0.2) is 5.60 Å². The van der Waals surface area contributed by atoms with Crippen LogP contribution in [0.2, 0.25) is 0 Å². The first-order valence-electron chi connectivity index (χ1n) is 3.71. The van der Waals surface area contributed by atoms with Gasteiger partial charge in [-0.05, 0) is 0 Å². The number of halogens is 2. The van der Waals surface area contributed by atoms with Gasteiger partial charge in [-0.3, -0.25) is 4.55 Å². The second kappa shape index (κ2) is 5.69. The largest absolute Gasteiger partial charge is 0.452 e. The molecule has 0 rings (SSSR count). The number of hydrogen-bond donors (Lipinski definition) is 1. The average molecular weight is 277 g/mol. The lowest BCUT2D eigenvalue weighted by molar-refractivity contribution is -0.147. The molecule has 0 aromatic heterocycles. The van der Waals surface area contributed by atoms with E-state index in [-0.39, 0.29) is 11.8 Å². The molecule has 1 N–H and O–H groups in total. The van der Waals surface area contributed by atoms with Crippen molar-refractivity contribution in [2.75, 3.05) is 17.5 Å². The van der Waals surface area contributed by atoms with E-state index in [1.54, 1.807) is 0 Å². The van der Waals surface area contributed by atoms with E-state index in [0.717, 1.165) is 6.08 Å². The Bertz CT molecular complexity index is 333. The Morgan fingerprint density at radius 2 is 1.93 bits per heavy atom. The van der Waals surface area contributed by atoms with Crippen LogP contribution >= 0.6 is 23.2 Å². The van der Waals surface area contributed by atoms with E-state index in [1.165, 1.54) is 0 Å². The average Bonchev–Trinajstić information content (AvgIpc) is 2.14. The van der Waals surface area contributed by atoms with Crippen LogP contribution in [-0.4, -0.2) is 42.1 Å². The molecule has 0 fully saturated rings. The van der Waals surface area contributed by atoms with Gasteiger partial charge in [-0.25, -0.2) is 4.79 Å². The zero-order chi connectivity index (χ0) is 12.1. The SMILES string of the molecule is C=CC(=O)OC(CCl)(CCl)CS(=O)(=O)O. The number of hydrogen-bond acceptors (Lipinski definition) is 4. The lowest BCUT2D eigenvalue weighted by Gasteiger charge is -2.27. The van der Waals surface area contributed by atoms with Crippen molar-refractivity contribution in [3.8, 4) is 0 Å². The van der Waals surface area contributed by atoms with E-state index < -0.39 is 27.4 Å². The van der Waals surface area contributed by atoms with Crippen molar-refractivity contribution < 1.29 is 22.5 Å². The van der Waals surface area contributed by atoms with Crippen LogP contribution in [0.25, 0.3) is 0 Å². The normalized spacial score (nSPS) is 12.2. The topological polar surface area (TPSA) is 80.7 Å². The summed E-state index contributed by atoms with van der Waals surface area (Å²) >= 11 is 10.9. The summed E-state index contributed by atoms with van der Waals surface area (Å²) in [6.45, 7) is 3.14. The van der Waals surface area contributed by atoms with Crippen molar-refractivity contribution >= 4 is 39.3 Å². The summed E-state index contributed by atoms with van der Waals surface area (Å²) in [7, 11) is -4.34. The lowest BCUT2D eigenvalue weighted by Crippen LogP contribution is -2.45. The molecular formula is C7H10Cl2O5S. The minimum absolute atomic E-state index is 0.351. The van der Waals surface area contributed by atoms with Gasteiger partial charge < -0.3 is 4.74 Å². The molecule has 0 heterocycles. The van der Waals surface area contributed by atoms with Gasteiger partial charge in [0.2, 0.25) is 0 Å². The molecule has 0 radical (unpaired) electrons. The summed E-state index contributed by atoms with van der Waals surface area (Å²) in [6.07, 6.45) is 0.845. The van der Waals surface area contributed by atoms with Crippen LogP contribution in [-0.2, 0) is 19.6 Å². The summed E-state index contributed by atoms with van der Waals surface area (Å²) in [4.78, 5) is 10.9. The van der Waals surface area contributed by atoms with E-state index in [9.17, 15) is 13.2 Å². The monoisotopic (exact) mass is 276 g/mol. The quantitative estimate of drug-likeness (QED) is 0.336. The molecule has 0 unspecified atom stereocenters. The minimum Gasteiger partial charge on any atom is -0.452 e. The predicted octanol–water partition coefficient (Wildman–Crippen LogP) is 0.820. The van der Waals surface area contributed by atoms with E-state index in [4.69, 9.17) is 32.5 Å². The van der Waals surface area contributed by atoms with Crippen molar-refractivity contribution in [2.24, 2.45) is 0 Å². The summed E-state index contributed by atoms with van der Waals surface area (Å²) in [5.41, 5.74) is -1.64. The number of carbonyl (C=O) groups is 1. The van der Waals surface area contributed by atoms with Crippen LogP contribution in [0.1, 0.15) is 0 Å². The van der Waals surface area contributed by atoms with Crippen molar-refractivity contribution in [3.63, 3.8) is 0 Å². The highest BCUT2D eigenvalue weighted by Gasteiger charge is 2.37. The molecular weight excluding hydrogens is 267 g/mol. The molecule has 0 saturated carbocycles. The summed E-state index contributed by atoms with van der Waals surface area (Å²) < 4.78 is 34.7. The van der Waals surface area contributed by atoms with Crippen molar-refractivity contribution in [1.29, 1.82) is 0 Å². The Morgan fingerprint density at radius 1 is 1.47 bits per heavy atom. The molecule has 0 aromatic rings. The van der Waals surface area contributed by atoms with Gasteiger partial charge in [-0.15, -0.1) is 23.2 Å². The molecule has 0 amide bonds. The molecule has 0 spiro atoms. The zero-order valence-corrected chi connectivity index (χ0v) is 9.98. The maximum absolute atomic E-state index is 10.9. The van der Waals surface area contributed by atoms with Gasteiger partial charge in [0.25, 0.3) is 10.1 Å². The number of carbonyl (C=O) groups excluding carboxylic acids is 1. The van der Waals surface area contributed by atoms with Crippen LogP contribution in [0, 0.1) is 0 Å². The Labute approximate surface area is 97.7 Å². The van der Waals surface area contributed by atoms with E-state index in [2.05, 4.69) is 6.58 Å². The van der Waals surface area contributed by atoms with E-state index >= 15 is 0 Å². The summed E-state index contributed by atoms with van der Waals surface area (Å²) in [5.74, 6) is -2.42. The van der Waals surface area contributed by atoms with Gasteiger partial charge in [0.05, 0.1) is 11.8 Å². The first-order chi connectivity index (χ1) is 6.78. The van der Waals surface area contributed by atoms with Crippen LogP contribution in [0.3, 0.4) is 0 Å². The maximum Gasteiger partial charge on any atom is 0.330 e.